The van der Waals surface area contributed by atoms with Crippen molar-refractivity contribution in [2.24, 2.45) is 18.6 Å². The molecule has 1 aliphatic heterocycles. The first-order valence-electron chi connectivity index (χ1n) is 10.1. The second-order valence-electron chi connectivity index (χ2n) is 7.77. The number of fused-ring (bicyclic) bond motifs is 1. The van der Waals surface area contributed by atoms with Gasteiger partial charge in [0.1, 0.15) is 0 Å². The summed E-state index contributed by atoms with van der Waals surface area (Å²) in [5, 5.41) is 19.0. The normalized spacial score (nSPS) is 17.6. The average molecular weight is 419 g/mol. The molecule has 0 spiro atoms. The Morgan fingerprint density at radius 3 is 2.68 bits per heavy atom. The molecule has 2 aromatic carbocycles. The Morgan fingerprint density at radius 2 is 2.00 bits per heavy atom. The van der Waals surface area contributed by atoms with Gasteiger partial charge in [0.05, 0.1) is 23.5 Å². The van der Waals surface area contributed by atoms with Crippen molar-refractivity contribution >= 4 is 17.4 Å². The Bertz CT molecular complexity index is 1160. The van der Waals surface area contributed by atoms with Crippen molar-refractivity contribution in [3.05, 3.63) is 77.2 Å². The topological polar surface area (TPSA) is 122 Å². The van der Waals surface area contributed by atoms with Gasteiger partial charge in [0.25, 0.3) is 0 Å². The molecule has 2 heterocycles. The van der Waals surface area contributed by atoms with E-state index in [4.69, 9.17) is 11.6 Å². The molecule has 31 heavy (non-hydrogen) atoms. The highest BCUT2D eigenvalue weighted by Gasteiger charge is 2.27. The first kappa shape index (κ1) is 20.5. The summed E-state index contributed by atoms with van der Waals surface area (Å²) in [4.78, 5) is 11.7. The molecule has 1 aromatic heterocycles. The van der Waals surface area contributed by atoms with Crippen LogP contribution in [0.2, 0.25) is 0 Å². The van der Waals surface area contributed by atoms with Gasteiger partial charge in [-0.3, -0.25) is 4.68 Å². The number of anilines is 1. The number of aromatic nitrogens is 2. The van der Waals surface area contributed by atoms with Crippen LogP contribution >= 0.6 is 0 Å². The van der Waals surface area contributed by atoms with Crippen molar-refractivity contribution in [2.45, 2.75) is 19.4 Å². The maximum atomic E-state index is 11.7. The van der Waals surface area contributed by atoms with Crippen LogP contribution in [0.5, 0.6) is 0 Å². The molecule has 8 nitrogen and oxygen atoms in total. The predicted octanol–water partition coefficient (Wildman–Crippen LogP) is 3.17. The molecule has 0 saturated carbocycles. The minimum atomic E-state index is -0.972. The zero-order valence-electron chi connectivity index (χ0n) is 17.5. The molecular weight excluding hydrogens is 392 g/mol. The molecular formula is C23H26N6O2. The highest BCUT2D eigenvalue weighted by molar-refractivity contribution is 5.94. The van der Waals surface area contributed by atoms with Gasteiger partial charge in [-0.05, 0) is 42.7 Å². The van der Waals surface area contributed by atoms with Gasteiger partial charge >= 0.3 is 5.97 Å². The summed E-state index contributed by atoms with van der Waals surface area (Å²) in [6.45, 7) is 2.40. The van der Waals surface area contributed by atoms with E-state index in [1.54, 1.807) is 27.9 Å². The number of para-hydroxylation sites is 1. The van der Waals surface area contributed by atoms with E-state index >= 15 is 0 Å². The average Bonchev–Trinajstić information content (AvgIpc) is 3.12. The number of hydrazine groups is 1. The number of allylic oxidation sites excluding steroid dienone is 1. The number of rotatable bonds is 4. The quantitative estimate of drug-likeness (QED) is 0.480. The Hall–Kier alpha value is -3.78. The fourth-order valence-electron chi connectivity index (χ4n) is 4.08. The molecule has 0 saturated heterocycles. The molecule has 3 aromatic rings. The molecule has 4 rings (SSSR count). The third-order valence-electron chi connectivity index (χ3n) is 5.53. The molecule has 0 radical (unpaired) electrons. The summed E-state index contributed by atoms with van der Waals surface area (Å²) in [6.07, 6.45) is 4.45. The van der Waals surface area contributed by atoms with Gasteiger partial charge in [-0.1, -0.05) is 24.3 Å². The van der Waals surface area contributed by atoms with E-state index in [1.165, 1.54) is 0 Å². The van der Waals surface area contributed by atoms with Gasteiger partial charge in [-0.2, -0.15) is 5.10 Å². The summed E-state index contributed by atoms with van der Waals surface area (Å²) < 4.78 is 1.76. The number of hydrogen-bond donors (Lipinski definition) is 4. The van der Waals surface area contributed by atoms with Crippen molar-refractivity contribution < 1.29 is 9.90 Å². The lowest BCUT2D eigenvalue weighted by Gasteiger charge is -2.22. The first-order chi connectivity index (χ1) is 14.8. The van der Waals surface area contributed by atoms with E-state index in [2.05, 4.69) is 16.5 Å². The number of carboxylic acid groups (broad SMARTS) is 1. The van der Waals surface area contributed by atoms with Crippen molar-refractivity contribution in [3.63, 3.8) is 0 Å². The van der Waals surface area contributed by atoms with Crippen LogP contribution in [-0.4, -0.2) is 32.4 Å². The highest BCUT2D eigenvalue weighted by atomic mass is 16.4. The van der Waals surface area contributed by atoms with E-state index in [-0.39, 0.29) is 11.6 Å². The lowest BCUT2D eigenvalue weighted by Crippen LogP contribution is -2.31. The number of nitrogens with two attached hydrogens (primary N) is 2. The number of hydrogen-bond acceptors (Lipinski definition) is 6. The third-order valence-corrected chi connectivity index (χ3v) is 5.53. The monoisotopic (exact) mass is 418 g/mol. The lowest BCUT2D eigenvalue weighted by molar-refractivity contribution is 0.0698. The van der Waals surface area contributed by atoms with Crippen LogP contribution in [0.4, 0.5) is 5.69 Å². The van der Waals surface area contributed by atoms with E-state index in [1.807, 2.05) is 44.6 Å². The SMILES string of the molecule is C/C(N)=C1\c2ccc(-c3cnn(C)c3)cc2C(Nc2ccccc2C(=O)O)CCN1N. The summed E-state index contributed by atoms with van der Waals surface area (Å²) in [7, 11) is 1.88. The second kappa shape index (κ2) is 8.16. The van der Waals surface area contributed by atoms with Crippen LogP contribution in [0.1, 0.15) is 40.9 Å². The zero-order valence-corrected chi connectivity index (χ0v) is 17.5. The van der Waals surface area contributed by atoms with Crippen molar-refractivity contribution in [1.82, 2.24) is 14.8 Å². The number of nitrogens with one attached hydrogen (secondary N) is 1. The number of carbonyl (C=O) groups is 1. The van der Waals surface area contributed by atoms with Gasteiger partial charge in [0.15, 0.2) is 0 Å². The Kier molecular flexibility index (Phi) is 5.39. The maximum absolute atomic E-state index is 11.7. The molecule has 0 aliphatic carbocycles. The van der Waals surface area contributed by atoms with Gasteiger partial charge < -0.3 is 21.2 Å². The van der Waals surface area contributed by atoms with Crippen molar-refractivity contribution in [1.29, 1.82) is 0 Å². The largest absolute Gasteiger partial charge is 0.478 e. The smallest absolute Gasteiger partial charge is 0.337 e. The van der Waals surface area contributed by atoms with Gasteiger partial charge in [0.2, 0.25) is 0 Å². The number of aromatic carboxylic acids is 1. The predicted molar refractivity (Wildman–Crippen MR) is 121 cm³/mol. The summed E-state index contributed by atoms with van der Waals surface area (Å²) in [5.41, 5.74) is 12.4. The van der Waals surface area contributed by atoms with Crippen LogP contribution in [-0.2, 0) is 7.05 Å². The van der Waals surface area contributed by atoms with Crippen LogP contribution in [0, 0.1) is 0 Å². The molecule has 1 atom stereocenters. The molecule has 0 amide bonds. The summed E-state index contributed by atoms with van der Waals surface area (Å²) >= 11 is 0. The van der Waals surface area contributed by atoms with E-state index in [0.29, 0.717) is 24.4 Å². The Balaban J connectivity index is 1.85. The molecule has 6 N–H and O–H groups in total. The zero-order chi connectivity index (χ0) is 22.1. The molecule has 0 fully saturated rings. The van der Waals surface area contributed by atoms with E-state index in [0.717, 1.165) is 28.0 Å². The van der Waals surface area contributed by atoms with Crippen LogP contribution in [0.15, 0.2) is 60.6 Å². The minimum absolute atomic E-state index is 0.157. The molecule has 1 unspecified atom stereocenters. The summed E-state index contributed by atoms with van der Waals surface area (Å²) in [6, 6.07) is 12.9. The fourth-order valence-corrected chi connectivity index (χ4v) is 4.08. The van der Waals surface area contributed by atoms with Gasteiger partial charge in [-0.25, -0.2) is 10.6 Å². The molecule has 160 valence electrons. The van der Waals surface area contributed by atoms with Crippen LogP contribution < -0.4 is 16.9 Å². The van der Waals surface area contributed by atoms with E-state index in [9.17, 15) is 9.90 Å². The highest BCUT2D eigenvalue weighted by Crippen LogP contribution is 2.37. The van der Waals surface area contributed by atoms with Gasteiger partial charge in [-0.15, -0.1) is 0 Å². The fraction of sp³-hybridized carbons (Fsp3) is 0.217. The maximum Gasteiger partial charge on any atom is 0.337 e. The Morgan fingerprint density at radius 1 is 1.23 bits per heavy atom. The lowest BCUT2D eigenvalue weighted by atomic mass is 9.93. The van der Waals surface area contributed by atoms with Crippen molar-refractivity contribution in [2.75, 3.05) is 11.9 Å². The molecule has 8 heteroatoms. The second-order valence-corrected chi connectivity index (χ2v) is 7.77. The van der Waals surface area contributed by atoms with Crippen LogP contribution in [0.3, 0.4) is 0 Å². The van der Waals surface area contributed by atoms with E-state index < -0.39 is 5.97 Å². The van der Waals surface area contributed by atoms with Gasteiger partial charge in [0, 0.05) is 42.3 Å². The standard InChI is InChI=1S/C23H26N6O2/c1-14(24)22-17-8-7-15(16-12-26-28(2)13-16)11-19(17)21(9-10-29(22)25)27-20-6-4-3-5-18(20)23(30)31/h3-8,11-13,21,27H,9-10,24-25H2,1-2H3,(H,30,31)/b22-14-. The Labute approximate surface area is 180 Å². The summed E-state index contributed by atoms with van der Waals surface area (Å²) in [5.74, 6) is 5.37. The van der Waals surface area contributed by atoms with Crippen molar-refractivity contribution in [3.8, 4) is 11.1 Å². The number of carboxylic acids is 1. The number of benzene rings is 2. The van der Waals surface area contributed by atoms with Crippen LogP contribution in [0.25, 0.3) is 16.8 Å². The molecule has 1 aliphatic rings. The molecule has 0 bridgehead atoms. The first-order valence-corrected chi connectivity index (χ1v) is 10.1. The number of aryl methyl sites for hydroxylation is 1. The third kappa shape index (κ3) is 3.97. The number of nitrogens with zero attached hydrogens (tertiary/aromatic N) is 3. The minimum Gasteiger partial charge on any atom is -0.478 e.